The van der Waals surface area contributed by atoms with E-state index in [2.05, 4.69) is 4.98 Å². The molecule has 2 rings (SSSR count). The number of hydrogen-bond donors (Lipinski definition) is 0. The highest BCUT2D eigenvalue weighted by Crippen LogP contribution is 2.20. The molecule has 0 bridgehead atoms. The molecular formula is C12H11NO3. The number of aromatic nitrogens is 1. The molecule has 0 radical (unpaired) electrons. The Balaban J connectivity index is 2.52. The number of aryl methyl sites for hydroxylation is 1. The minimum Gasteiger partial charge on any atom is -0.490 e. The Kier molecular flexibility index (Phi) is 2.56. The number of ketones is 2. The van der Waals surface area contributed by atoms with Crippen molar-refractivity contribution in [1.29, 1.82) is 0 Å². The molecule has 0 fully saturated rings. The number of nitrogens with zero attached hydrogens (tertiary/aromatic N) is 1. The Labute approximate surface area is 92.9 Å². The van der Waals surface area contributed by atoms with Crippen LogP contribution in [0.2, 0.25) is 0 Å². The van der Waals surface area contributed by atoms with Gasteiger partial charge in [-0.05, 0) is 26.0 Å². The number of allylic oxidation sites excluding steroid dienone is 2. The van der Waals surface area contributed by atoms with Crippen molar-refractivity contribution in [1.82, 2.24) is 4.98 Å². The van der Waals surface area contributed by atoms with Gasteiger partial charge in [-0.25, -0.2) is 4.98 Å². The predicted octanol–water partition coefficient (Wildman–Crippen LogP) is 1.69. The first-order valence-corrected chi connectivity index (χ1v) is 5.04. The van der Waals surface area contributed by atoms with Crippen molar-refractivity contribution >= 4 is 11.6 Å². The molecule has 1 aliphatic carbocycles. The van der Waals surface area contributed by atoms with Crippen LogP contribution in [0.4, 0.5) is 0 Å². The maximum atomic E-state index is 11.9. The van der Waals surface area contributed by atoms with Crippen molar-refractivity contribution in [2.24, 2.45) is 0 Å². The molecule has 0 N–H and O–H groups in total. The maximum Gasteiger partial charge on any atom is 0.246 e. The van der Waals surface area contributed by atoms with Crippen molar-refractivity contribution < 1.29 is 14.3 Å². The lowest BCUT2D eigenvalue weighted by atomic mass is 9.98. The quantitative estimate of drug-likeness (QED) is 0.756. The first kappa shape index (κ1) is 10.5. The molecule has 0 spiro atoms. The van der Waals surface area contributed by atoms with Gasteiger partial charge in [0.2, 0.25) is 5.78 Å². The highest BCUT2D eigenvalue weighted by molar-refractivity contribution is 6.22. The number of pyridine rings is 1. The standard InChI is InChI=1S/C12H11NO3/c1-3-16-10-6-9(14)8-5-4-7(2)13-11(8)12(10)15/h4-6H,3H2,1-2H3. The van der Waals surface area contributed by atoms with Gasteiger partial charge >= 0.3 is 0 Å². The molecule has 1 aliphatic rings. The number of carbonyl (C=O) groups excluding carboxylic acids is 2. The Morgan fingerprint density at radius 1 is 1.31 bits per heavy atom. The third-order valence-corrected chi connectivity index (χ3v) is 2.30. The normalized spacial score (nSPS) is 14.5. The molecule has 16 heavy (non-hydrogen) atoms. The predicted molar refractivity (Wildman–Crippen MR) is 57.3 cm³/mol. The summed E-state index contributed by atoms with van der Waals surface area (Å²) < 4.78 is 5.11. The molecule has 0 aliphatic heterocycles. The van der Waals surface area contributed by atoms with Gasteiger partial charge in [0.05, 0.1) is 12.2 Å². The van der Waals surface area contributed by atoms with Gasteiger partial charge in [-0.3, -0.25) is 9.59 Å². The summed E-state index contributed by atoms with van der Waals surface area (Å²) in [4.78, 5) is 27.7. The van der Waals surface area contributed by atoms with E-state index in [1.807, 2.05) is 0 Å². The van der Waals surface area contributed by atoms with Gasteiger partial charge in [-0.1, -0.05) is 0 Å². The summed E-state index contributed by atoms with van der Waals surface area (Å²) in [6.07, 6.45) is 1.23. The number of Topliss-reactive ketones (excluding diaryl/α,β-unsaturated/α-hetero) is 1. The van der Waals surface area contributed by atoms with Gasteiger partial charge in [0.25, 0.3) is 0 Å². The van der Waals surface area contributed by atoms with E-state index in [0.717, 1.165) is 0 Å². The largest absolute Gasteiger partial charge is 0.490 e. The summed E-state index contributed by atoms with van der Waals surface area (Å²) in [5.41, 5.74) is 1.24. The first-order valence-electron chi connectivity index (χ1n) is 5.04. The second-order valence-corrected chi connectivity index (χ2v) is 3.48. The summed E-state index contributed by atoms with van der Waals surface area (Å²) in [6.45, 7) is 3.89. The van der Waals surface area contributed by atoms with Crippen LogP contribution in [0.5, 0.6) is 0 Å². The summed E-state index contributed by atoms with van der Waals surface area (Å²) in [5.74, 6) is -0.469. The number of rotatable bonds is 2. The van der Waals surface area contributed by atoms with Crippen LogP contribution in [0.25, 0.3) is 0 Å². The van der Waals surface area contributed by atoms with Crippen molar-refractivity contribution in [3.05, 3.63) is 40.9 Å². The third kappa shape index (κ3) is 1.62. The first-order chi connectivity index (χ1) is 7.63. The molecule has 4 heteroatoms. The summed E-state index contributed by atoms with van der Waals surface area (Å²) in [5, 5.41) is 0. The second kappa shape index (κ2) is 3.89. The zero-order valence-electron chi connectivity index (χ0n) is 9.11. The molecule has 82 valence electrons. The van der Waals surface area contributed by atoms with Crippen LogP contribution in [0, 0.1) is 6.92 Å². The van der Waals surface area contributed by atoms with Crippen molar-refractivity contribution in [2.75, 3.05) is 6.61 Å². The van der Waals surface area contributed by atoms with E-state index in [-0.39, 0.29) is 23.0 Å². The summed E-state index contributed by atoms with van der Waals surface area (Å²) in [6, 6.07) is 3.33. The van der Waals surface area contributed by atoms with Gasteiger partial charge in [0.15, 0.2) is 11.5 Å². The van der Waals surface area contributed by atoms with E-state index in [1.54, 1.807) is 26.0 Å². The van der Waals surface area contributed by atoms with Gasteiger partial charge in [-0.15, -0.1) is 0 Å². The van der Waals surface area contributed by atoms with Gasteiger partial charge in [0.1, 0.15) is 5.69 Å². The van der Waals surface area contributed by atoms with E-state index in [0.29, 0.717) is 17.9 Å². The molecule has 0 saturated carbocycles. The van der Waals surface area contributed by atoms with Crippen LogP contribution in [-0.4, -0.2) is 23.2 Å². The molecule has 0 unspecified atom stereocenters. The van der Waals surface area contributed by atoms with Crippen LogP contribution in [0.3, 0.4) is 0 Å². The fraction of sp³-hybridized carbons (Fsp3) is 0.250. The van der Waals surface area contributed by atoms with Gasteiger partial charge in [0, 0.05) is 11.8 Å². The third-order valence-electron chi connectivity index (χ3n) is 2.30. The van der Waals surface area contributed by atoms with Crippen LogP contribution in [-0.2, 0) is 4.74 Å². The van der Waals surface area contributed by atoms with E-state index in [4.69, 9.17) is 4.74 Å². The van der Waals surface area contributed by atoms with Crippen molar-refractivity contribution in [2.45, 2.75) is 13.8 Å². The van der Waals surface area contributed by atoms with Crippen LogP contribution < -0.4 is 0 Å². The Hall–Kier alpha value is -1.97. The number of hydrogen-bond acceptors (Lipinski definition) is 4. The highest BCUT2D eigenvalue weighted by atomic mass is 16.5. The SMILES string of the molecule is CCOC1=CC(=O)c2ccc(C)nc2C1=O. The van der Waals surface area contributed by atoms with E-state index < -0.39 is 0 Å². The summed E-state index contributed by atoms with van der Waals surface area (Å²) in [7, 11) is 0. The average molecular weight is 217 g/mol. The molecule has 4 nitrogen and oxygen atoms in total. The molecule has 1 aromatic heterocycles. The van der Waals surface area contributed by atoms with E-state index >= 15 is 0 Å². The van der Waals surface area contributed by atoms with Crippen molar-refractivity contribution in [3.63, 3.8) is 0 Å². The monoisotopic (exact) mass is 217 g/mol. The summed E-state index contributed by atoms with van der Waals surface area (Å²) >= 11 is 0. The van der Waals surface area contributed by atoms with Crippen LogP contribution in [0.1, 0.15) is 33.5 Å². The highest BCUT2D eigenvalue weighted by Gasteiger charge is 2.27. The Morgan fingerprint density at radius 2 is 2.06 bits per heavy atom. The van der Waals surface area contributed by atoms with Gasteiger partial charge < -0.3 is 4.74 Å². The van der Waals surface area contributed by atoms with Gasteiger partial charge in [-0.2, -0.15) is 0 Å². The molecule has 0 aromatic carbocycles. The van der Waals surface area contributed by atoms with E-state index in [9.17, 15) is 9.59 Å². The van der Waals surface area contributed by atoms with Crippen molar-refractivity contribution in [3.8, 4) is 0 Å². The second-order valence-electron chi connectivity index (χ2n) is 3.48. The maximum absolute atomic E-state index is 11.9. The number of ether oxygens (including phenoxy) is 1. The lowest BCUT2D eigenvalue weighted by molar-refractivity contribution is 0.0886. The lowest BCUT2D eigenvalue weighted by Gasteiger charge is -2.14. The minimum absolute atomic E-state index is 0.0816. The average Bonchev–Trinajstić information content (AvgIpc) is 2.25. The Morgan fingerprint density at radius 3 is 2.75 bits per heavy atom. The topological polar surface area (TPSA) is 56.3 Å². The molecular weight excluding hydrogens is 206 g/mol. The minimum atomic E-state index is -0.319. The molecule has 1 heterocycles. The number of carbonyl (C=O) groups is 2. The Bertz CT molecular complexity index is 503. The van der Waals surface area contributed by atoms with E-state index in [1.165, 1.54) is 6.08 Å². The molecule has 1 aromatic rings. The molecule has 0 amide bonds. The van der Waals surface area contributed by atoms with Crippen LogP contribution >= 0.6 is 0 Å². The smallest absolute Gasteiger partial charge is 0.246 e. The molecule has 0 atom stereocenters. The zero-order valence-corrected chi connectivity index (χ0v) is 9.11. The fourth-order valence-electron chi connectivity index (χ4n) is 1.57. The molecule has 0 saturated heterocycles. The fourth-order valence-corrected chi connectivity index (χ4v) is 1.57. The van der Waals surface area contributed by atoms with Crippen LogP contribution in [0.15, 0.2) is 24.0 Å². The zero-order chi connectivity index (χ0) is 11.7. The lowest BCUT2D eigenvalue weighted by Crippen LogP contribution is -2.20. The number of fused-ring (bicyclic) bond motifs is 1.